The van der Waals surface area contributed by atoms with Crippen LogP contribution >= 0.6 is 0 Å². The maximum absolute atomic E-state index is 5.80. The zero-order chi connectivity index (χ0) is 9.07. The minimum absolute atomic E-state index is 0.296. The van der Waals surface area contributed by atoms with Crippen LogP contribution in [0.5, 0.6) is 0 Å². The highest BCUT2D eigenvalue weighted by Gasteiger charge is 2.26. The van der Waals surface area contributed by atoms with Gasteiger partial charge in [0, 0.05) is 6.10 Å². The van der Waals surface area contributed by atoms with E-state index in [4.69, 9.17) is 8.54 Å². The van der Waals surface area contributed by atoms with E-state index >= 15 is 0 Å². The van der Waals surface area contributed by atoms with E-state index in [-0.39, 0.29) is 0 Å². The molecule has 0 unspecified atom stereocenters. The van der Waals surface area contributed by atoms with Gasteiger partial charge < -0.3 is 8.54 Å². The Labute approximate surface area is 72.9 Å². The zero-order valence-electron chi connectivity index (χ0n) is 8.47. The van der Waals surface area contributed by atoms with Gasteiger partial charge in [-0.1, -0.05) is 0 Å². The highest BCUT2D eigenvalue weighted by molar-refractivity contribution is 6.72. The molecule has 0 atom stereocenters. The van der Waals surface area contributed by atoms with Crippen LogP contribution in [0.25, 0.3) is 0 Å². The Kier molecular flexibility index (Phi) is 4.54. The van der Waals surface area contributed by atoms with Crippen molar-refractivity contribution in [1.29, 1.82) is 0 Å². The molecule has 0 N–H and O–H groups in total. The molecule has 0 spiro atoms. The predicted octanol–water partition coefficient (Wildman–Crippen LogP) is 2.11. The SMILES string of the molecule is CC(C)O[Si](C)(C)O[SiH](C)C. The summed E-state index contributed by atoms with van der Waals surface area (Å²) in [7, 11) is -2.69. The summed E-state index contributed by atoms with van der Waals surface area (Å²) >= 11 is 0. The van der Waals surface area contributed by atoms with Crippen molar-refractivity contribution in [3.8, 4) is 0 Å². The van der Waals surface area contributed by atoms with Crippen molar-refractivity contribution >= 4 is 17.6 Å². The van der Waals surface area contributed by atoms with Gasteiger partial charge in [-0.25, -0.2) is 0 Å². The van der Waals surface area contributed by atoms with Crippen LogP contribution in [-0.2, 0) is 8.54 Å². The standard InChI is InChI=1S/C7H20O2Si2/c1-7(2)8-11(5,6)9-10(3)4/h7,10H,1-6H3. The van der Waals surface area contributed by atoms with E-state index in [9.17, 15) is 0 Å². The van der Waals surface area contributed by atoms with Crippen LogP contribution in [0.1, 0.15) is 13.8 Å². The van der Waals surface area contributed by atoms with Crippen molar-refractivity contribution in [1.82, 2.24) is 0 Å². The fraction of sp³-hybridized carbons (Fsp3) is 1.00. The largest absolute Gasteiger partial charge is 0.439 e. The minimum Gasteiger partial charge on any atom is -0.439 e. The van der Waals surface area contributed by atoms with Gasteiger partial charge in [0.1, 0.15) is 0 Å². The Morgan fingerprint density at radius 1 is 1.18 bits per heavy atom. The smallest absolute Gasteiger partial charge is 0.321 e. The molecule has 0 saturated heterocycles. The number of hydrogen-bond acceptors (Lipinski definition) is 2. The molecule has 0 radical (unpaired) electrons. The highest BCUT2D eigenvalue weighted by Crippen LogP contribution is 2.10. The fourth-order valence-corrected chi connectivity index (χ4v) is 7.06. The molecule has 0 aliphatic rings. The van der Waals surface area contributed by atoms with Crippen molar-refractivity contribution in [2.75, 3.05) is 0 Å². The average Bonchev–Trinajstić information content (AvgIpc) is 1.53. The Morgan fingerprint density at radius 3 is 1.91 bits per heavy atom. The second-order valence-corrected chi connectivity index (χ2v) is 9.81. The van der Waals surface area contributed by atoms with Gasteiger partial charge in [0.15, 0.2) is 9.04 Å². The Bertz CT molecular complexity index is 101. The topological polar surface area (TPSA) is 18.5 Å². The lowest BCUT2D eigenvalue weighted by atomic mass is 10.5. The van der Waals surface area contributed by atoms with E-state index < -0.39 is 17.6 Å². The molecule has 0 amide bonds. The Balaban J connectivity index is 3.79. The molecule has 0 aromatic rings. The van der Waals surface area contributed by atoms with Crippen LogP contribution in [0.2, 0.25) is 26.2 Å². The third-order valence-corrected chi connectivity index (χ3v) is 6.23. The van der Waals surface area contributed by atoms with Crippen LogP contribution in [0.15, 0.2) is 0 Å². The first-order chi connectivity index (χ1) is 4.83. The van der Waals surface area contributed by atoms with Crippen LogP contribution in [0.3, 0.4) is 0 Å². The van der Waals surface area contributed by atoms with E-state index in [2.05, 4.69) is 40.0 Å². The predicted molar refractivity (Wildman–Crippen MR) is 53.7 cm³/mol. The van der Waals surface area contributed by atoms with E-state index in [1.165, 1.54) is 0 Å². The first-order valence-corrected chi connectivity index (χ1v) is 9.79. The molecule has 0 fully saturated rings. The fourth-order valence-electron chi connectivity index (χ4n) is 1.16. The lowest BCUT2D eigenvalue weighted by Crippen LogP contribution is -2.40. The molecule has 0 saturated carbocycles. The summed E-state index contributed by atoms with van der Waals surface area (Å²) in [6, 6.07) is 0. The van der Waals surface area contributed by atoms with Crippen molar-refractivity contribution in [3.63, 3.8) is 0 Å². The average molecular weight is 192 g/mol. The van der Waals surface area contributed by atoms with Crippen LogP contribution < -0.4 is 0 Å². The van der Waals surface area contributed by atoms with Gasteiger partial charge in [-0.05, 0) is 40.0 Å². The summed E-state index contributed by atoms with van der Waals surface area (Å²) < 4.78 is 11.5. The van der Waals surface area contributed by atoms with Gasteiger partial charge >= 0.3 is 8.56 Å². The van der Waals surface area contributed by atoms with Crippen LogP contribution in [0.4, 0.5) is 0 Å². The van der Waals surface area contributed by atoms with Crippen molar-refractivity contribution in [2.24, 2.45) is 0 Å². The van der Waals surface area contributed by atoms with Gasteiger partial charge in [-0.3, -0.25) is 0 Å². The monoisotopic (exact) mass is 192 g/mol. The molecular weight excluding hydrogens is 172 g/mol. The molecule has 0 aliphatic heterocycles. The number of rotatable bonds is 4. The lowest BCUT2D eigenvalue weighted by molar-refractivity contribution is 0.189. The van der Waals surface area contributed by atoms with E-state index in [1.807, 2.05) is 0 Å². The summed E-state index contributed by atoms with van der Waals surface area (Å²) in [6.45, 7) is 12.7. The summed E-state index contributed by atoms with van der Waals surface area (Å²) in [4.78, 5) is 0. The van der Waals surface area contributed by atoms with Crippen LogP contribution in [0, 0.1) is 0 Å². The normalized spacial score (nSPS) is 13.1. The Hall–Kier alpha value is 0.354. The van der Waals surface area contributed by atoms with Gasteiger partial charge in [0.05, 0.1) is 0 Å². The summed E-state index contributed by atoms with van der Waals surface area (Å²) in [5, 5.41) is 0. The molecule has 0 aromatic carbocycles. The first kappa shape index (κ1) is 11.4. The van der Waals surface area contributed by atoms with Crippen molar-refractivity contribution < 1.29 is 8.54 Å². The quantitative estimate of drug-likeness (QED) is 0.635. The minimum atomic E-state index is -1.77. The molecule has 11 heavy (non-hydrogen) atoms. The molecule has 0 rings (SSSR count). The molecule has 0 aliphatic carbocycles. The Morgan fingerprint density at radius 2 is 1.64 bits per heavy atom. The summed E-state index contributed by atoms with van der Waals surface area (Å²) in [5.41, 5.74) is 0. The van der Waals surface area contributed by atoms with E-state index in [0.717, 1.165) is 0 Å². The molecule has 0 bridgehead atoms. The maximum atomic E-state index is 5.80. The van der Waals surface area contributed by atoms with Gasteiger partial charge in [0.25, 0.3) is 0 Å². The third-order valence-electron chi connectivity index (χ3n) is 1.04. The molecule has 0 aromatic heterocycles. The van der Waals surface area contributed by atoms with Crippen molar-refractivity contribution in [3.05, 3.63) is 0 Å². The summed E-state index contributed by atoms with van der Waals surface area (Å²) in [5.74, 6) is 0. The lowest BCUT2D eigenvalue weighted by Gasteiger charge is -2.27. The molecule has 4 heteroatoms. The summed E-state index contributed by atoms with van der Waals surface area (Å²) in [6.07, 6.45) is 0.296. The van der Waals surface area contributed by atoms with E-state index in [1.54, 1.807) is 0 Å². The highest BCUT2D eigenvalue weighted by atomic mass is 28.4. The third kappa shape index (κ3) is 6.74. The second-order valence-electron chi connectivity index (χ2n) is 3.73. The zero-order valence-corrected chi connectivity index (χ0v) is 10.6. The maximum Gasteiger partial charge on any atom is 0.321 e. The van der Waals surface area contributed by atoms with Crippen LogP contribution in [-0.4, -0.2) is 23.7 Å². The molecular formula is C7H20O2Si2. The molecule has 0 heterocycles. The molecule has 2 nitrogen and oxygen atoms in total. The van der Waals surface area contributed by atoms with Gasteiger partial charge in [-0.15, -0.1) is 0 Å². The number of hydrogen-bond donors (Lipinski definition) is 0. The van der Waals surface area contributed by atoms with Crippen molar-refractivity contribution in [2.45, 2.75) is 46.1 Å². The van der Waals surface area contributed by atoms with E-state index in [0.29, 0.717) is 6.10 Å². The molecule has 68 valence electrons. The first-order valence-electron chi connectivity index (χ1n) is 4.19. The van der Waals surface area contributed by atoms with Gasteiger partial charge in [-0.2, -0.15) is 0 Å². The second kappa shape index (κ2) is 4.40. The van der Waals surface area contributed by atoms with Gasteiger partial charge in [0.2, 0.25) is 0 Å².